The van der Waals surface area contributed by atoms with E-state index in [0.29, 0.717) is 0 Å². The molecule has 3 aromatic carbocycles. The van der Waals surface area contributed by atoms with E-state index in [-0.39, 0.29) is 17.4 Å². The number of hydrogen-bond acceptors (Lipinski definition) is 1. The van der Waals surface area contributed by atoms with Gasteiger partial charge in [-0.05, 0) is 35.7 Å². The highest BCUT2D eigenvalue weighted by molar-refractivity contribution is 6.14. The van der Waals surface area contributed by atoms with Crippen molar-refractivity contribution in [3.8, 4) is 0 Å². The molecule has 0 saturated carbocycles. The van der Waals surface area contributed by atoms with Crippen molar-refractivity contribution >= 4 is 11.6 Å². The Morgan fingerprint density at radius 2 is 1.50 bits per heavy atom. The van der Waals surface area contributed by atoms with E-state index in [4.69, 9.17) is 0 Å². The molecular weight excluding hydrogens is 294 g/mol. The fourth-order valence-electron chi connectivity index (χ4n) is 4.59. The molecule has 3 aromatic rings. The fraction of sp³-hybridized carbons (Fsp3) is 0.136. The predicted molar refractivity (Wildman–Crippen MR) is 95.3 cm³/mol. The highest BCUT2D eigenvalue weighted by Gasteiger charge is 2.57. The van der Waals surface area contributed by atoms with E-state index in [2.05, 4.69) is 55.5 Å². The van der Waals surface area contributed by atoms with Crippen LogP contribution < -0.4 is 4.90 Å². The third-order valence-electron chi connectivity index (χ3n) is 5.55. The Morgan fingerprint density at radius 1 is 0.833 bits per heavy atom. The summed E-state index contributed by atoms with van der Waals surface area (Å²) in [5.41, 5.74) is 5.10. The Hall–Kier alpha value is -2.87. The molecule has 5 rings (SSSR count). The molecule has 0 aromatic heterocycles. The van der Waals surface area contributed by atoms with Gasteiger partial charge < -0.3 is 0 Å². The van der Waals surface area contributed by atoms with Crippen LogP contribution in [0.1, 0.15) is 39.9 Å². The first-order valence-electron chi connectivity index (χ1n) is 8.31. The van der Waals surface area contributed by atoms with Crippen LogP contribution in [0.5, 0.6) is 0 Å². The summed E-state index contributed by atoms with van der Waals surface area (Å²) in [5, 5.41) is 0. The van der Waals surface area contributed by atoms with E-state index in [1.165, 1.54) is 11.1 Å². The number of carbonyl (C=O) groups is 1. The zero-order valence-corrected chi connectivity index (χ0v) is 13.4. The van der Waals surface area contributed by atoms with E-state index >= 15 is 0 Å². The second-order valence-electron chi connectivity index (χ2n) is 6.74. The number of benzene rings is 3. The molecule has 2 heteroatoms. The highest BCUT2D eigenvalue weighted by Crippen LogP contribution is 2.59. The minimum absolute atomic E-state index is 0.110. The van der Waals surface area contributed by atoms with E-state index in [1.54, 1.807) is 0 Å². The third-order valence-corrected chi connectivity index (χ3v) is 5.55. The second kappa shape index (κ2) is 4.57. The normalized spacial score (nSPS) is 23.8. The van der Waals surface area contributed by atoms with E-state index < -0.39 is 0 Å². The first-order valence-corrected chi connectivity index (χ1v) is 8.31. The molecule has 0 saturated heterocycles. The van der Waals surface area contributed by atoms with Crippen molar-refractivity contribution in [2.24, 2.45) is 0 Å². The lowest BCUT2D eigenvalue weighted by Crippen LogP contribution is -2.41. The Kier molecular flexibility index (Phi) is 2.58. The van der Waals surface area contributed by atoms with Crippen LogP contribution in [0.2, 0.25) is 0 Å². The van der Waals surface area contributed by atoms with Crippen LogP contribution in [0.4, 0.5) is 5.69 Å². The number of hydrogen-bond donors (Lipinski definition) is 0. The zero-order chi connectivity index (χ0) is 16.3. The Labute approximate surface area is 141 Å². The van der Waals surface area contributed by atoms with Crippen molar-refractivity contribution in [2.75, 3.05) is 4.90 Å². The van der Waals surface area contributed by atoms with Gasteiger partial charge in [0.2, 0.25) is 0 Å². The maximum absolute atomic E-state index is 13.1. The molecule has 2 nitrogen and oxygen atoms in total. The van der Waals surface area contributed by atoms with Gasteiger partial charge in [0.05, 0.1) is 5.54 Å². The largest absolute Gasteiger partial charge is 0.297 e. The van der Waals surface area contributed by atoms with Crippen molar-refractivity contribution < 1.29 is 4.79 Å². The van der Waals surface area contributed by atoms with Crippen LogP contribution in [-0.2, 0) is 5.54 Å². The van der Waals surface area contributed by atoms with Crippen molar-refractivity contribution in [1.29, 1.82) is 0 Å². The predicted octanol–water partition coefficient (Wildman–Crippen LogP) is 4.71. The summed E-state index contributed by atoms with van der Waals surface area (Å²) in [4.78, 5) is 15.2. The molecule has 2 atom stereocenters. The average molecular weight is 311 g/mol. The first kappa shape index (κ1) is 13.6. The molecule has 0 spiro atoms. The van der Waals surface area contributed by atoms with Crippen molar-refractivity contribution in [3.05, 3.63) is 101 Å². The van der Waals surface area contributed by atoms with Crippen LogP contribution in [0, 0.1) is 0 Å². The quantitative estimate of drug-likeness (QED) is 0.637. The molecule has 0 aliphatic carbocycles. The van der Waals surface area contributed by atoms with Crippen molar-refractivity contribution in [2.45, 2.75) is 18.4 Å². The number of para-hydroxylation sites is 1. The lowest BCUT2D eigenvalue weighted by Gasteiger charge is -2.35. The lowest BCUT2D eigenvalue weighted by molar-refractivity contribution is 0.0981. The maximum Gasteiger partial charge on any atom is 0.259 e. The number of rotatable bonds is 1. The molecule has 1 amide bonds. The molecule has 116 valence electrons. The Morgan fingerprint density at radius 3 is 2.33 bits per heavy atom. The van der Waals surface area contributed by atoms with Crippen LogP contribution in [-0.4, -0.2) is 5.91 Å². The number of amides is 1. The molecule has 2 aliphatic heterocycles. The topological polar surface area (TPSA) is 20.3 Å². The smallest absolute Gasteiger partial charge is 0.259 e. The standard InChI is InChI=1S/C22H17NO/c1-22-18-13-7-5-11-16(18)21(24)23(22)19-14-8-6-12-17(19)20(22)15-9-3-2-4-10-15/h2-14,20H,1H3/t20-,22-/m1/s1. The summed E-state index contributed by atoms with van der Waals surface area (Å²) >= 11 is 0. The van der Waals surface area contributed by atoms with Gasteiger partial charge in [-0.2, -0.15) is 0 Å². The van der Waals surface area contributed by atoms with Crippen LogP contribution >= 0.6 is 0 Å². The van der Waals surface area contributed by atoms with Gasteiger partial charge in [-0.15, -0.1) is 0 Å². The maximum atomic E-state index is 13.1. The van der Waals surface area contributed by atoms with E-state index in [0.717, 1.165) is 16.8 Å². The number of anilines is 1. The van der Waals surface area contributed by atoms with Gasteiger partial charge in [0, 0.05) is 17.2 Å². The highest BCUT2D eigenvalue weighted by atomic mass is 16.2. The Bertz CT molecular complexity index is 962. The van der Waals surface area contributed by atoms with Gasteiger partial charge in [0.25, 0.3) is 5.91 Å². The van der Waals surface area contributed by atoms with Crippen LogP contribution in [0.3, 0.4) is 0 Å². The minimum atomic E-state index is -0.376. The second-order valence-corrected chi connectivity index (χ2v) is 6.74. The summed E-state index contributed by atoms with van der Waals surface area (Å²) in [5.74, 6) is 0.251. The summed E-state index contributed by atoms with van der Waals surface area (Å²) in [6.45, 7) is 2.20. The minimum Gasteiger partial charge on any atom is -0.297 e. The molecule has 0 unspecified atom stereocenters. The van der Waals surface area contributed by atoms with Gasteiger partial charge in [-0.25, -0.2) is 0 Å². The summed E-state index contributed by atoms with van der Waals surface area (Å²) < 4.78 is 0. The van der Waals surface area contributed by atoms with Gasteiger partial charge in [0.15, 0.2) is 0 Å². The molecule has 0 N–H and O–H groups in total. The molecule has 0 fully saturated rings. The van der Waals surface area contributed by atoms with Gasteiger partial charge >= 0.3 is 0 Å². The first-order chi connectivity index (χ1) is 11.7. The molecule has 2 heterocycles. The van der Waals surface area contributed by atoms with Crippen molar-refractivity contribution in [3.63, 3.8) is 0 Å². The van der Waals surface area contributed by atoms with Crippen LogP contribution in [0.15, 0.2) is 78.9 Å². The van der Waals surface area contributed by atoms with Crippen LogP contribution in [0.25, 0.3) is 0 Å². The summed E-state index contributed by atoms with van der Waals surface area (Å²) in [7, 11) is 0. The number of nitrogens with zero attached hydrogens (tertiary/aromatic N) is 1. The van der Waals surface area contributed by atoms with Gasteiger partial charge in [-0.1, -0.05) is 66.7 Å². The number of carbonyl (C=O) groups excluding carboxylic acids is 1. The average Bonchev–Trinajstić information content (AvgIpc) is 3.03. The van der Waals surface area contributed by atoms with Gasteiger partial charge in [-0.3, -0.25) is 9.69 Å². The number of fused-ring (bicyclic) bond motifs is 5. The lowest BCUT2D eigenvalue weighted by atomic mass is 9.75. The monoisotopic (exact) mass is 311 g/mol. The molecular formula is C22H17NO. The van der Waals surface area contributed by atoms with E-state index in [9.17, 15) is 4.79 Å². The molecule has 2 aliphatic rings. The molecule has 24 heavy (non-hydrogen) atoms. The van der Waals surface area contributed by atoms with Crippen molar-refractivity contribution in [1.82, 2.24) is 0 Å². The third kappa shape index (κ3) is 1.48. The summed E-state index contributed by atoms with van der Waals surface area (Å²) in [6, 6.07) is 26.9. The molecule has 0 radical (unpaired) electrons. The van der Waals surface area contributed by atoms with E-state index in [1.807, 2.05) is 35.2 Å². The summed E-state index contributed by atoms with van der Waals surface area (Å²) in [6.07, 6.45) is 0. The molecule has 0 bridgehead atoms. The SMILES string of the molecule is C[C@]12c3ccccc3C(=O)N1c1ccccc1[C@H]2c1ccccc1. The Balaban J connectivity index is 1.85. The fourth-order valence-corrected chi connectivity index (χ4v) is 4.59. The zero-order valence-electron chi connectivity index (χ0n) is 13.4. The van der Waals surface area contributed by atoms with Gasteiger partial charge in [0.1, 0.15) is 0 Å².